The third-order valence-electron chi connectivity index (χ3n) is 2.17. The zero-order valence-corrected chi connectivity index (χ0v) is 8.73. The third kappa shape index (κ3) is 2.64. The van der Waals surface area contributed by atoms with E-state index in [-0.39, 0.29) is 0 Å². The summed E-state index contributed by atoms with van der Waals surface area (Å²) in [6.07, 6.45) is -3.26. The predicted molar refractivity (Wildman–Crippen MR) is 51.5 cm³/mol. The van der Waals surface area contributed by atoms with E-state index in [1.165, 1.54) is 0 Å². The fraction of sp³-hybridized carbons (Fsp3) is 0.667. The number of aromatic nitrogens is 2. The molecule has 0 bridgehead atoms. The predicted octanol–water partition coefficient (Wildman–Crippen LogP) is 2.15. The Balaban J connectivity index is 3.07. The number of alkyl halides is 3. The monoisotopic (exact) mass is 221 g/mol. The van der Waals surface area contributed by atoms with E-state index < -0.39 is 12.7 Å². The molecular formula is C9H14F3N3. The molecule has 0 fully saturated rings. The Morgan fingerprint density at radius 1 is 1.27 bits per heavy atom. The van der Waals surface area contributed by atoms with Gasteiger partial charge in [-0.05, 0) is 12.8 Å². The Hall–Kier alpha value is -1.20. The maximum atomic E-state index is 12.2. The lowest BCUT2D eigenvalue weighted by Gasteiger charge is -2.09. The van der Waals surface area contributed by atoms with Crippen LogP contribution in [0.4, 0.5) is 18.9 Å². The van der Waals surface area contributed by atoms with Crippen molar-refractivity contribution in [1.29, 1.82) is 0 Å². The van der Waals surface area contributed by atoms with Crippen LogP contribution in [-0.2, 0) is 19.4 Å². The molecule has 0 saturated carbocycles. The Labute approximate surface area is 86.1 Å². The molecular weight excluding hydrogens is 207 g/mol. The first-order chi connectivity index (χ1) is 6.89. The Bertz CT molecular complexity index is 341. The summed E-state index contributed by atoms with van der Waals surface area (Å²) in [6.45, 7) is 2.51. The van der Waals surface area contributed by atoms with Crippen molar-refractivity contribution in [1.82, 2.24) is 9.78 Å². The highest BCUT2D eigenvalue weighted by Crippen LogP contribution is 2.23. The number of rotatable bonds is 3. The first-order valence-electron chi connectivity index (χ1n) is 4.79. The van der Waals surface area contributed by atoms with Crippen LogP contribution in [0.2, 0.25) is 0 Å². The first-order valence-corrected chi connectivity index (χ1v) is 4.79. The van der Waals surface area contributed by atoms with Crippen LogP contribution in [0.5, 0.6) is 0 Å². The molecule has 0 aliphatic carbocycles. The minimum absolute atomic E-state index is 0.393. The largest absolute Gasteiger partial charge is 0.408 e. The summed E-state index contributed by atoms with van der Waals surface area (Å²) in [6, 6.07) is 0. The van der Waals surface area contributed by atoms with E-state index in [1.807, 2.05) is 6.92 Å². The fourth-order valence-corrected chi connectivity index (χ4v) is 1.50. The molecule has 3 nitrogen and oxygen atoms in total. The van der Waals surface area contributed by atoms with Gasteiger partial charge in [0.15, 0.2) is 0 Å². The summed E-state index contributed by atoms with van der Waals surface area (Å²) in [5.74, 6) is 0. The lowest BCUT2D eigenvalue weighted by molar-refractivity contribution is -0.143. The van der Waals surface area contributed by atoms with Gasteiger partial charge >= 0.3 is 6.18 Å². The zero-order valence-electron chi connectivity index (χ0n) is 8.73. The summed E-state index contributed by atoms with van der Waals surface area (Å²) in [5.41, 5.74) is 7.09. The van der Waals surface area contributed by atoms with Crippen molar-refractivity contribution >= 4 is 5.69 Å². The highest BCUT2D eigenvalue weighted by molar-refractivity contribution is 5.48. The second-order valence-electron chi connectivity index (χ2n) is 3.29. The van der Waals surface area contributed by atoms with Crippen molar-refractivity contribution < 1.29 is 13.2 Å². The molecule has 0 spiro atoms. The van der Waals surface area contributed by atoms with E-state index in [4.69, 9.17) is 5.73 Å². The summed E-state index contributed by atoms with van der Waals surface area (Å²) in [4.78, 5) is 0. The molecule has 0 aliphatic heterocycles. The minimum Gasteiger partial charge on any atom is -0.396 e. The molecule has 86 valence electrons. The average molecular weight is 221 g/mol. The third-order valence-corrected chi connectivity index (χ3v) is 2.17. The van der Waals surface area contributed by atoms with Crippen molar-refractivity contribution in [3.63, 3.8) is 0 Å². The summed E-state index contributed by atoms with van der Waals surface area (Å²) < 4.78 is 37.6. The second kappa shape index (κ2) is 4.12. The number of anilines is 1. The molecule has 0 unspecified atom stereocenters. The summed E-state index contributed by atoms with van der Waals surface area (Å²) >= 11 is 0. The van der Waals surface area contributed by atoms with Gasteiger partial charge in [0.1, 0.15) is 6.54 Å². The van der Waals surface area contributed by atoms with Gasteiger partial charge in [-0.1, -0.05) is 13.8 Å². The highest BCUT2D eigenvalue weighted by atomic mass is 19.4. The maximum absolute atomic E-state index is 12.2. The van der Waals surface area contributed by atoms with E-state index >= 15 is 0 Å². The molecule has 6 heteroatoms. The van der Waals surface area contributed by atoms with E-state index in [0.29, 0.717) is 29.9 Å². The quantitative estimate of drug-likeness (QED) is 0.849. The van der Waals surface area contributed by atoms with Gasteiger partial charge in [-0.15, -0.1) is 0 Å². The molecule has 0 radical (unpaired) electrons. The van der Waals surface area contributed by atoms with Gasteiger partial charge in [-0.25, -0.2) is 0 Å². The van der Waals surface area contributed by atoms with Gasteiger partial charge in [0.2, 0.25) is 0 Å². The lowest BCUT2D eigenvalue weighted by atomic mass is 10.2. The average Bonchev–Trinajstić information content (AvgIpc) is 2.39. The number of nitrogens with two attached hydrogens (primary N) is 1. The molecule has 15 heavy (non-hydrogen) atoms. The van der Waals surface area contributed by atoms with Crippen LogP contribution in [0.1, 0.15) is 25.2 Å². The van der Waals surface area contributed by atoms with E-state index in [9.17, 15) is 13.2 Å². The summed E-state index contributed by atoms with van der Waals surface area (Å²) in [5, 5.41) is 3.86. The molecule has 0 atom stereocenters. The van der Waals surface area contributed by atoms with Crippen LogP contribution in [0.3, 0.4) is 0 Å². The van der Waals surface area contributed by atoms with Crippen LogP contribution in [0, 0.1) is 0 Å². The molecule has 1 aromatic heterocycles. The SMILES string of the molecule is CCc1nn(CC(F)(F)F)c(CC)c1N. The van der Waals surface area contributed by atoms with Crippen LogP contribution in [-0.4, -0.2) is 16.0 Å². The van der Waals surface area contributed by atoms with Crippen LogP contribution >= 0.6 is 0 Å². The number of aryl methyl sites for hydroxylation is 1. The zero-order chi connectivity index (χ0) is 11.6. The topological polar surface area (TPSA) is 43.8 Å². The van der Waals surface area contributed by atoms with Crippen molar-refractivity contribution in [2.75, 3.05) is 5.73 Å². The Morgan fingerprint density at radius 2 is 1.87 bits per heavy atom. The summed E-state index contributed by atoms with van der Waals surface area (Å²) in [7, 11) is 0. The van der Waals surface area contributed by atoms with E-state index in [0.717, 1.165) is 4.68 Å². The van der Waals surface area contributed by atoms with Gasteiger partial charge in [0.25, 0.3) is 0 Å². The molecule has 2 N–H and O–H groups in total. The van der Waals surface area contributed by atoms with Crippen LogP contribution in [0.25, 0.3) is 0 Å². The van der Waals surface area contributed by atoms with E-state index in [2.05, 4.69) is 5.10 Å². The Kier molecular flexibility index (Phi) is 3.26. The number of hydrogen-bond donors (Lipinski definition) is 1. The number of hydrogen-bond acceptors (Lipinski definition) is 2. The first kappa shape index (κ1) is 11.9. The highest BCUT2D eigenvalue weighted by Gasteiger charge is 2.30. The molecule has 0 saturated heterocycles. The van der Waals surface area contributed by atoms with Gasteiger partial charge in [-0.3, -0.25) is 4.68 Å². The van der Waals surface area contributed by atoms with Gasteiger partial charge < -0.3 is 5.73 Å². The molecule has 0 amide bonds. The number of nitrogens with zero attached hydrogens (tertiary/aromatic N) is 2. The molecule has 0 aromatic carbocycles. The smallest absolute Gasteiger partial charge is 0.396 e. The fourth-order valence-electron chi connectivity index (χ4n) is 1.50. The molecule has 1 rings (SSSR count). The van der Waals surface area contributed by atoms with Crippen LogP contribution < -0.4 is 5.73 Å². The normalized spacial score (nSPS) is 12.1. The van der Waals surface area contributed by atoms with Gasteiger partial charge in [-0.2, -0.15) is 18.3 Å². The van der Waals surface area contributed by atoms with E-state index in [1.54, 1.807) is 6.92 Å². The minimum atomic E-state index is -4.26. The van der Waals surface area contributed by atoms with Crippen molar-refractivity contribution in [3.05, 3.63) is 11.4 Å². The molecule has 1 heterocycles. The van der Waals surface area contributed by atoms with Gasteiger partial charge in [0.05, 0.1) is 17.1 Å². The second-order valence-corrected chi connectivity index (χ2v) is 3.29. The van der Waals surface area contributed by atoms with Crippen molar-refractivity contribution in [2.45, 2.75) is 39.4 Å². The van der Waals surface area contributed by atoms with Crippen molar-refractivity contribution in [3.8, 4) is 0 Å². The van der Waals surface area contributed by atoms with Crippen LogP contribution in [0.15, 0.2) is 0 Å². The molecule has 1 aromatic rings. The standard InChI is InChI=1S/C9H14F3N3/c1-3-6-8(13)7(4-2)15(14-6)5-9(10,11)12/h3-5,13H2,1-2H3. The Morgan fingerprint density at radius 3 is 2.27 bits per heavy atom. The van der Waals surface area contributed by atoms with Crippen molar-refractivity contribution in [2.24, 2.45) is 0 Å². The number of halogens is 3. The lowest BCUT2D eigenvalue weighted by Crippen LogP contribution is -2.20. The van der Waals surface area contributed by atoms with Gasteiger partial charge in [0, 0.05) is 0 Å². The number of nitrogen functional groups attached to an aromatic ring is 1. The molecule has 0 aliphatic rings. The maximum Gasteiger partial charge on any atom is 0.408 e.